The highest BCUT2D eigenvalue weighted by Gasteiger charge is 2.32. The van der Waals surface area contributed by atoms with Gasteiger partial charge in [0.05, 0.1) is 5.69 Å². The van der Waals surface area contributed by atoms with E-state index < -0.39 is 0 Å². The van der Waals surface area contributed by atoms with Crippen LogP contribution in [0.1, 0.15) is 32.8 Å². The summed E-state index contributed by atoms with van der Waals surface area (Å²) in [5.74, 6) is 1.70. The van der Waals surface area contributed by atoms with Crippen LogP contribution in [0.4, 0.5) is 11.5 Å². The molecule has 2 rings (SSSR count). The molecule has 1 aliphatic rings. The van der Waals surface area contributed by atoms with Crippen molar-refractivity contribution in [3.8, 4) is 0 Å². The van der Waals surface area contributed by atoms with Crippen molar-refractivity contribution in [1.29, 1.82) is 0 Å². The fourth-order valence-electron chi connectivity index (χ4n) is 2.47. The quantitative estimate of drug-likeness (QED) is 0.811. The third kappa shape index (κ3) is 2.38. The smallest absolute Gasteiger partial charge is 0.152 e. The fourth-order valence-corrected chi connectivity index (χ4v) is 2.47. The van der Waals surface area contributed by atoms with E-state index >= 15 is 0 Å². The van der Waals surface area contributed by atoms with Crippen LogP contribution in [-0.2, 0) is 0 Å². The van der Waals surface area contributed by atoms with Crippen LogP contribution in [0.3, 0.4) is 0 Å². The fraction of sp³-hybridized carbons (Fsp3) is 0.643. The maximum absolute atomic E-state index is 6.11. The number of anilines is 2. The Labute approximate surface area is 104 Å². The van der Waals surface area contributed by atoms with Gasteiger partial charge < -0.3 is 10.6 Å². The van der Waals surface area contributed by atoms with Crippen molar-refractivity contribution in [3.05, 3.63) is 17.8 Å². The number of rotatable bonds is 1. The summed E-state index contributed by atoms with van der Waals surface area (Å²) in [7, 11) is 0. The Bertz CT molecular complexity index is 406. The molecule has 1 aliphatic heterocycles. The first-order valence-corrected chi connectivity index (χ1v) is 6.35. The van der Waals surface area contributed by atoms with E-state index in [0.29, 0.717) is 5.41 Å². The van der Waals surface area contributed by atoms with E-state index in [1.54, 1.807) is 0 Å². The van der Waals surface area contributed by atoms with Crippen LogP contribution in [0.15, 0.2) is 12.3 Å². The normalized spacial score (nSPS) is 20.9. The zero-order valence-electron chi connectivity index (χ0n) is 11.3. The van der Waals surface area contributed by atoms with Crippen LogP contribution in [0.5, 0.6) is 0 Å². The van der Waals surface area contributed by atoms with Gasteiger partial charge in [0.15, 0.2) is 5.82 Å². The summed E-state index contributed by atoms with van der Waals surface area (Å²) in [6.45, 7) is 11.1. The Morgan fingerprint density at radius 3 is 2.71 bits per heavy atom. The van der Waals surface area contributed by atoms with Gasteiger partial charge in [0, 0.05) is 19.3 Å². The van der Waals surface area contributed by atoms with Crippen LogP contribution < -0.4 is 10.6 Å². The Hall–Kier alpha value is -1.25. The van der Waals surface area contributed by atoms with Gasteiger partial charge in [-0.05, 0) is 36.3 Å². The SMILES string of the molecule is Cc1ccnc(N2CCC(C(C)(C)C)C2)c1N. The summed E-state index contributed by atoms with van der Waals surface area (Å²) in [6, 6.07) is 1.97. The average Bonchev–Trinajstić information content (AvgIpc) is 2.70. The summed E-state index contributed by atoms with van der Waals surface area (Å²) < 4.78 is 0. The molecule has 1 saturated heterocycles. The third-order valence-corrected chi connectivity index (χ3v) is 3.90. The van der Waals surface area contributed by atoms with E-state index in [1.807, 2.05) is 19.2 Å². The second-order valence-corrected chi connectivity index (χ2v) is 6.16. The van der Waals surface area contributed by atoms with E-state index in [1.165, 1.54) is 6.42 Å². The minimum Gasteiger partial charge on any atom is -0.396 e. The molecular formula is C14H23N3. The monoisotopic (exact) mass is 233 g/mol. The minimum atomic E-state index is 0.368. The molecule has 1 aromatic rings. The molecule has 17 heavy (non-hydrogen) atoms. The minimum absolute atomic E-state index is 0.368. The Morgan fingerprint density at radius 1 is 1.41 bits per heavy atom. The molecule has 0 bridgehead atoms. The van der Waals surface area contributed by atoms with Crippen molar-refractivity contribution in [2.45, 2.75) is 34.1 Å². The van der Waals surface area contributed by atoms with E-state index in [9.17, 15) is 0 Å². The van der Waals surface area contributed by atoms with Gasteiger partial charge in [0.1, 0.15) is 0 Å². The number of aryl methyl sites for hydroxylation is 1. The van der Waals surface area contributed by atoms with Gasteiger partial charge in [0.25, 0.3) is 0 Å². The number of nitrogen functional groups attached to an aromatic ring is 1. The first kappa shape index (κ1) is 12.2. The summed E-state index contributed by atoms with van der Waals surface area (Å²) in [5.41, 5.74) is 8.44. The Kier molecular flexibility index (Phi) is 3.02. The van der Waals surface area contributed by atoms with Gasteiger partial charge in [-0.1, -0.05) is 20.8 Å². The number of aromatic nitrogens is 1. The Morgan fingerprint density at radius 2 is 2.12 bits per heavy atom. The predicted molar refractivity (Wildman–Crippen MR) is 73.2 cm³/mol. The predicted octanol–water partition coefficient (Wildman–Crippen LogP) is 2.84. The zero-order chi connectivity index (χ0) is 12.6. The Balaban J connectivity index is 2.18. The van der Waals surface area contributed by atoms with Crippen molar-refractivity contribution in [2.24, 2.45) is 11.3 Å². The second-order valence-electron chi connectivity index (χ2n) is 6.16. The summed E-state index contributed by atoms with van der Waals surface area (Å²) in [6.07, 6.45) is 3.09. The molecule has 1 unspecified atom stereocenters. The lowest BCUT2D eigenvalue weighted by molar-refractivity contribution is 0.263. The molecule has 1 atom stereocenters. The summed E-state index contributed by atoms with van der Waals surface area (Å²) >= 11 is 0. The highest BCUT2D eigenvalue weighted by Crippen LogP contribution is 2.36. The van der Waals surface area contributed by atoms with Gasteiger partial charge in [-0.3, -0.25) is 0 Å². The van der Waals surface area contributed by atoms with E-state index in [-0.39, 0.29) is 0 Å². The highest BCUT2D eigenvalue weighted by atomic mass is 15.2. The van der Waals surface area contributed by atoms with Crippen LogP contribution in [0, 0.1) is 18.3 Å². The third-order valence-electron chi connectivity index (χ3n) is 3.90. The molecule has 1 fully saturated rings. The van der Waals surface area contributed by atoms with Crippen molar-refractivity contribution < 1.29 is 0 Å². The number of nitrogens with two attached hydrogens (primary N) is 1. The molecule has 2 heterocycles. The van der Waals surface area contributed by atoms with Gasteiger partial charge in [-0.2, -0.15) is 0 Å². The molecule has 0 spiro atoms. The number of hydrogen-bond donors (Lipinski definition) is 1. The number of hydrogen-bond acceptors (Lipinski definition) is 3. The lowest BCUT2D eigenvalue weighted by Crippen LogP contribution is -2.27. The molecule has 0 aliphatic carbocycles. The lowest BCUT2D eigenvalue weighted by atomic mass is 9.80. The summed E-state index contributed by atoms with van der Waals surface area (Å²) in [4.78, 5) is 6.77. The molecule has 3 heteroatoms. The molecule has 0 amide bonds. The van der Waals surface area contributed by atoms with Crippen molar-refractivity contribution in [3.63, 3.8) is 0 Å². The van der Waals surface area contributed by atoms with Crippen molar-refractivity contribution in [2.75, 3.05) is 23.7 Å². The first-order chi connectivity index (χ1) is 7.89. The van der Waals surface area contributed by atoms with Gasteiger partial charge in [-0.25, -0.2) is 4.98 Å². The largest absolute Gasteiger partial charge is 0.396 e. The molecular weight excluding hydrogens is 210 g/mol. The molecule has 0 aromatic carbocycles. The molecule has 0 saturated carbocycles. The standard InChI is InChI=1S/C14H23N3/c1-10-5-7-16-13(12(10)15)17-8-6-11(9-17)14(2,3)4/h5,7,11H,6,8-9,15H2,1-4H3. The van der Waals surface area contributed by atoms with Crippen LogP contribution in [0.25, 0.3) is 0 Å². The molecule has 94 valence electrons. The molecule has 2 N–H and O–H groups in total. The lowest BCUT2D eigenvalue weighted by Gasteiger charge is -2.27. The summed E-state index contributed by atoms with van der Waals surface area (Å²) in [5, 5.41) is 0. The van der Waals surface area contributed by atoms with E-state index in [4.69, 9.17) is 5.73 Å². The second kappa shape index (κ2) is 4.21. The molecule has 3 nitrogen and oxygen atoms in total. The van der Waals surface area contributed by atoms with Crippen LogP contribution in [-0.4, -0.2) is 18.1 Å². The zero-order valence-corrected chi connectivity index (χ0v) is 11.3. The van der Waals surface area contributed by atoms with Crippen LogP contribution >= 0.6 is 0 Å². The first-order valence-electron chi connectivity index (χ1n) is 6.35. The van der Waals surface area contributed by atoms with E-state index in [0.717, 1.165) is 36.1 Å². The number of nitrogens with zero attached hydrogens (tertiary/aromatic N) is 2. The van der Waals surface area contributed by atoms with Gasteiger partial charge in [-0.15, -0.1) is 0 Å². The molecule has 1 aromatic heterocycles. The van der Waals surface area contributed by atoms with Crippen LogP contribution in [0.2, 0.25) is 0 Å². The maximum atomic E-state index is 6.11. The topological polar surface area (TPSA) is 42.2 Å². The highest BCUT2D eigenvalue weighted by molar-refractivity contribution is 5.66. The van der Waals surface area contributed by atoms with E-state index in [2.05, 4.69) is 30.7 Å². The van der Waals surface area contributed by atoms with Crippen molar-refractivity contribution >= 4 is 11.5 Å². The molecule has 0 radical (unpaired) electrons. The maximum Gasteiger partial charge on any atom is 0.152 e. The van der Waals surface area contributed by atoms with Gasteiger partial charge in [0.2, 0.25) is 0 Å². The number of pyridine rings is 1. The van der Waals surface area contributed by atoms with Gasteiger partial charge >= 0.3 is 0 Å². The van der Waals surface area contributed by atoms with Crippen molar-refractivity contribution in [1.82, 2.24) is 4.98 Å². The average molecular weight is 233 g/mol.